The van der Waals surface area contributed by atoms with Crippen molar-refractivity contribution in [1.29, 1.82) is 0 Å². The largest absolute Gasteiger partial charge is 0.369 e. The highest BCUT2D eigenvalue weighted by Crippen LogP contribution is 2.21. The summed E-state index contributed by atoms with van der Waals surface area (Å²) < 4.78 is 0. The Balaban J connectivity index is 1.40. The van der Waals surface area contributed by atoms with Gasteiger partial charge < -0.3 is 4.90 Å². The minimum Gasteiger partial charge on any atom is -0.369 e. The molecule has 0 N–H and O–H groups in total. The molecule has 24 heavy (non-hydrogen) atoms. The second-order valence-corrected chi connectivity index (χ2v) is 6.18. The topological polar surface area (TPSA) is 58.0 Å². The standard InChI is InChI=1S/C18H20N6/c1-14-9-21-16(11-20-14)12-23-4-6-24(7-5-23)17-2-3-18-15(8-17)10-19-13-22-18/h2-3,8-11,13H,4-7,12H2,1H3. The van der Waals surface area contributed by atoms with E-state index in [4.69, 9.17) is 0 Å². The Kier molecular flexibility index (Phi) is 4.04. The molecule has 3 heterocycles. The average Bonchev–Trinajstić information content (AvgIpc) is 2.64. The maximum Gasteiger partial charge on any atom is 0.116 e. The van der Waals surface area contributed by atoms with Crippen molar-refractivity contribution in [2.75, 3.05) is 31.1 Å². The lowest BCUT2D eigenvalue weighted by atomic mass is 10.2. The molecule has 6 heteroatoms. The van der Waals surface area contributed by atoms with Crippen molar-refractivity contribution in [1.82, 2.24) is 24.8 Å². The molecule has 0 unspecified atom stereocenters. The van der Waals surface area contributed by atoms with Gasteiger partial charge in [0.25, 0.3) is 0 Å². The number of hydrogen-bond acceptors (Lipinski definition) is 6. The Morgan fingerprint density at radius 1 is 0.958 bits per heavy atom. The molecule has 0 radical (unpaired) electrons. The van der Waals surface area contributed by atoms with Crippen LogP contribution in [0.2, 0.25) is 0 Å². The first-order chi connectivity index (χ1) is 11.8. The summed E-state index contributed by atoms with van der Waals surface area (Å²) >= 11 is 0. The van der Waals surface area contributed by atoms with E-state index in [0.717, 1.165) is 55.0 Å². The molecule has 6 nitrogen and oxygen atoms in total. The van der Waals surface area contributed by atoms with Crippen LogP contribution in [0.5, 0.6) is 0 Å². The third-order valence-electron chi connectivity index (χ3n) is 4.45. The summed E-state index contributed by atoms with van der Waals surface area (Å²) in [4.78, 5) is 22.0. The summed E-state index contributed by atoms with van der Waals surface area (Å²) in [5.74, 6) is 0. The molecule has 122 valence electrons. The number of aryl methyl sites for hydroxylation is 1. The molecule has 0 aliphatic carbocycles. The summed E-state index contributed by atoms with van der Waals surface area (Å²) in [7, 11) is 0. The van der Waals surface area contributed by atoms with Crippen LogP contribution in [0.3, 0.4) is 0 Å². The van der Waals surface area contributed by atoms with Gasteiger partial charge in [0.2, 0.25) is 0 Å². The lowest BCUT2D eigenvalue weighted by Crippen LogP contribution is -2.46. The lowest BCUT2D eigenvalue weighted by Gasteiger charge is -2.36. The summed E-state index contributed by atoms with van der Waals surface area (Å²) in [6, 6.07) is 6.40. The first-order valence-corrected chi connectivity index (χ1v) is 8.22. The maximum atomic E-state index is 4.45. The third kappa shape index (κ3) is 3.19. The quantitative estimate of drug-likeness (QED) is 0.736. The van der Waals surface area contributed by atoms with Gasteiger partial charge in [-0.1, -0.05) is 0 Å². The fourth-order valence-corrected chi connectivity index (χ4v) is 3.06. The van der Waals surface area contributed by atoms with E-state index < -0.39 is 0 Å². The van der Waals surface area contributed by atoms with Crippen LogP contribution in [0.1, 0.15) is 11.4 Å². The highest BCUT2D eigenvalue weighted by atomic mass is 15.3. The molecular weight excluding hydrogens is 300 g/mol. The molecule has 0 bridgehead atoms. The molecule has 2 aromatic heterocycles. The van der Waals surface area contributed by atoms with Crippen molar-refractivity contribution in [2.45, 2.75) is 13.5 Å². The van der Waals surface area contributed by atoms with Gasteiger partial charge in [0.15, 0.2) is 0 Å². The molecule has 4 rings (SSSR count). The van der Waals surface area contributed by atoms with Crippen LogP contribution in [0.15, 0.2) is 43.1 Å². The zero-order valence-electron chi connectivity index (χ0n) is 13.8. The van der Waals surface area contributed by atoms with Gasteiger partial charge in [0.05, 0.1) is 16.9 Å². The van der Waals surface area contributed by atoms with Crippen molar-refractivity contribution < 1.29 is 0 Å². The lowest BCUT2D eigenvalue weighted by molar-refractivity contribution is 0.247. The number of hydrogen-bond donors (Lipinski definition) is 0. The first kappa shape index (κ1) is 15.0. The van der Waals surface area contributed by atoms with Gasteiger partial charge in [-0.2, -0.15) is 0 Å². The Morgan fingerprint density at radius 3 is 2.62 bits per heavy atom. The molecule has 0 atom stereocenters. The Bertz CT molecular complexity index is 824. The van der Waals surface area contributed by atoms with E-state index >= 15 is 0 Å². The van der Waals surface area contributed by atoms with E-state index in [9.17, 15) is 0 Å². The number of benzene rings is 1. The number of anilines is 1. The van der Waals surface area contributed by atoms with Crippen molar-refractivity contribution in [3.8, 4) is 0 Å². The second kappa shape index (κ2) is 6.49. The molecule has 0 spiro atoms. The van der Waals surface area contributed by atoms with Crippen LogP contribution in [-0.2, 0) is 6.54 Å². The van der Waals surface area contributed by atoms with Gasteiger partial charge in [-0.15, -0.1) is 0 Å². The number of fused-ring (bicyclic) bond motifs is 1. The molecule has 0 saturated carbocycles. The first-order valence-electron chi connectivity index (χ1n) is 8.22. The average molecular weight is 320 g/mol. The van der Waals surface area contributed by atoms with Gasteiger partial charge in [-0.05, 0) is 25.1 Å². The fraction of sp³-hybridized carbons (Fsp3) is 0.333. The van der Waals surface area contributed by atoms with Crippen molar-refractivity contribution in [3.63, 3.8) is 0 Å². The molecule has 0 amide bonds. The Hall–Kier alpha value is -2.60. The molecule has 1 saturated heterocycles. The monoisotopic (exact) mass is 320 g/mol. The zero-order chi connectivity index (χ0) is 16.4. The SMILES string of the molecule is Cc1cnc(CN2CCN(c3ccc4ncncc4c3)CC2)cn1. The number of nitrogens with zero attached hydrogens (tertiary/aromatic N) is 6. The van der Waals surface area contributed by atoms with E-state index in [-0.39, 0.29) is 0 Å². The van der Waals surface area contributed by atoms with Crippen LogP contribution in [-0.4, -0.2) is 51.0 Å². The molecule has 1 aliphatic heterocycles. The summed E-state index contributed by atoms with van der Waals surface area (Å²) in [5, 5.41) is 1.09. The van der Waals surface area contributed by atoms with E-state index in [1.165, 1.54) is 5.69 Å². The van der Waals surface area contributed by atoms with Gasteiger partial charge in [0, 0.05) is 62.4 Å². The number of rotatable bonds is 3. The Morgan fingerprint density at radius 2 is 1.83 bits per heavy atom. The maximum absolute atomic E-state index is 4.45. The molecule has 1 fully saturated rings. The van der Waals surface area contributed by atoms with E-state index in [0.29, 0.717) is 0 Å². The zero-order valence-corrected chi connectivity index (χ0v) is 13.8. The predicted molar refractivity (Wildman–Crippen MR) is 93.8 cm³/mol. The summed E-state index contributed by atoms with van der Waals surface area (Å²) in [6.07, 6.45) is 7.18. The van der Waals surface area contributed by atoms with Crippen molar-refractivity contribution in [2.24, 2.45) is 0 Å². The van der Waals surface area contributed by atoms with Gasteiger partial charge in [0.1, 0.15) is 6.33 Å². The van der Waals surface area contributed by atoms with Gasteiger partial charge in [-0.25, -0.2) is 9.97 Å². The number of piperazine rings is 1. The molecule has 1 aromatic carbocycles. The number of aromatic nitrogens is 4. The highest BCUT2D eigenvalue weighted by Gasteiger charge is 2.18. The molecule has 1 aliphatic rings. The Labute approximate surface area is 141 Å². The van der Waals surface area contributed by atoms with Crippen molar-refractivity contribution >= 4 is 16.6 Å². The minimum atomic E-state index is 0.868. The summed E-state index contributed by atoms with van der Waals surface area (Å²) in [6.45, 7) is 6.91. The van der Waals surface area contributed by atoms with Crippen LogP contribution in [0.4, 0.5) is 5.69 Å². The van der Waals surface area contributed by atoms with E-state index in [1.807, 2.05) is 25.5 Å². The predicted octanol–water partition coefficient (Wildman–Crippen LogP) is 2.05. The highest BCUT2D eigenvalue weighted by molar-refractivity contribution is 5.81. The fourth-order valence-electron chi connectivity index (χ4n) is 3.06. The normalized spacial score (nSPS) is 15.8. The van der Waals surface area contributed by atoms with Crippen LogP contribution in [0, 0.1) is 6.92 Å². The van der Waals surface area contributed by atoms with E-state index in [2.05, 4.69) is 47.9 Å². The third-order valence-corrected chi connectivity index (χ3v) is 4.45. The van der Waals surface area contributed by atoms with Gasteiger partial charge in [-0.3, -0.25) is 14.9 Å². The summed E-state index contributed by atoms with van der Waals surface area (Å²) in [5.41, 5.74) is 4.23. The molecular formula is C18H20N6. The van der Waals surface area contributed by atoms with Crippen LogP contribution >= 0.6 is 0 Å². The van der Waals surface area contributed by atoms with Crippen LogP contribution < -0.4 is 4.90 Å². The van der Waals surface area contributed by atoms with Crippen molar-refractivity contribution in [3.05, 3.63) is 54.5 Å². The smallest absolute Gasteiger partial charge is 0.116 e. The van der Waals surface area contributed by atoms with Gasteiger partial charge >= 0.3 is 0 Å². The molecule has 3 aromatic rings. The van der Waals surface area contributed by atoms with Crippen LogP contribution in [0.25, 0.3) is 10.9 Å². The minimum absolute atomic E-state index is 0.868. The van der Waals surface area contributed by atoms with E-state index in [1.54, 1.807) is 6.33 Å². The second-order valence-electron chi connectivity index (χ2n) is 6.18.